The van der Waals surface area contributed by atoms with Crippen LogP contribution in [0.2, 0.25) is 0 Å². The molecule has 0 aromatic rings. The van der Waals surface area contributed by atoms with Crippen LogP contribution in [0.15, 0.2) is 0 Å². The van der Waals surface area contributed by atoms with Gasteiger partial charge in [-0.15, -0.1) is 0 Å². The van der Waals surface area contributed by atoms with Gasteiger partial charge in [-0.3, -0.25) is 0 Å². The first kappa shape index (κ1) is 29.1. The van der Waals surface area contributed by atoms with Gasteiger partial charge >= 0.3 is 46.9 Å². The summed E-state index contributed by atoms with van der Waals surface area (Å²) in [6.45, 7) is 0. The molecule has 15 nitrogen and oxygen atoms in total. The van der Waals surface area contributed by atoms with E-state index in [1.165, 1.54) is 0 Å². The molecule has 0 atom stereocenters. The van der Waals surface area contributed by atoms with Gasteiger partial charge in [0.25, 0.3) is 0 Å². The fourth-order valence-corrected chi connectivity index (χ4v) is 1.84. The normalized spacial score (nSPS) is 12.2. The van der Waals surface area contributed by atoms with E-state index in [1.54, 1.807) is 0 Å². The molecular weight excluding hydrogens is 539 g/mol. The molecule has 0 aliphatic rings. The second kappa shape index (κ2) is 9.94. The Bertz CT molecular complexity index is 537. The van der Waals surface area contributed by atoms with Crippen molar-refractivity contribution in [3.63, 3.8) is 0 Å². The van der Waals surface area contributed by atoms with Gasteiger partial charge in [0.15, 0.2) is 0 Å². The fraction of sp³-hybridized carbons (Fsp3) is 0. The maximum absolute atomic E-state index is 9.29. The van der Waals surface area contributed by atoms with Crippen molar-refractivity contribution in [2.75, 3.05) is 0 Å². The maximum atomic E-state index is 9.29. The molecule has 0 aromatic heterocycles. The summed E-state index contributed by atoms with van der Waals surface area (Å²) in [5, 5.41) is 0. The number of quaternary nitrogens is 1. The summed E-state index contributed by atoms with van der Waals surface area (Å²) in [7, 11) is -21.7. The third-order valence-corrected chi connectivity index (χ3v) is 3.00. The smallest absolute Gasteiger partial charge is 0.725 e. The molecule has 0 unspecified atom stereocenters. The minimum absolute atomic E-state index is 0. The van der Waals surface area contributed by atoms with Crippen molar-refractivity contribution in [1.29, 1.82) is 0 Å². The minimum atomic E-state index is -5.43. The molecule has 20 heteroatoms. The Hall–Kier alpha value is 1.04. The zero-order valence-corrected chi connectivity index (χ0v) is 13.6. The molecule has 4 N–H and O–H groups in total. The van der Waals surface area contributed by atoms with E-state index in [4.69, 9.17) is 0 Å². The Morgan fingerprint density at radius 3 is 0.600 bits per heavy atom. The van der Waals surface area contributed by atoms with E-state index in [0.29, 0.717) is 0 Å². The van der Waals surface area contributed by atoms with E-state index in [0.717, 1.165) is 0 Å². The van der Waals surface area contributed by atoms with Crippen molar-refractivity contribution < 1.29 is 106 Å². The van der Waals surface area contributed by atoms with Gasteiger partial charge in [0, 0.05) is 0 Å². The van der Waals surface area contributed by atoms with Crippen molar-refractivity contribution in [3.8, 4) is 0 Å². The Morgan fingerprint density at radius 2 is 0.600 bits per heavy atom. The molecule has 0 saturated heterocycles. The van der Waals surface area contributed by atoms with Crippen LogP contribution in [-0.4, -0.2) is 51.9 Å². The standard InChI is InChI=1S/H3N.2H2O7S2.Yb/c;2*1-8(2,3)7-9(4,5)6;/h1H3;2*(H,1,2,3)(H,4,5,6);/q;;;+3/p-3. The largest absolute Gasteiger partial charge is 3.00 e. The van der Waals surface area contributed by atoms with Crippen LogP contribution >= 0.6 is 0 Å². The summed E-state index contributed by atoms with van der Waals surface area (Å²) in [5.41, 5.74) is 0. The third kappa shape index (κ3) is 36.4. The van der Waals surface area contributed by atoms with Crippen LogP contribution in [0.4, 0.5) is 0 Å². The number of hydrogen-bond donors (Lipinski definition) is 1. The molecule has 131 valence electrons. The van der Waals surface area contributed by atoms with Gasteiger partial charge in [0.2, 0.25) is 41.6 Å². The maximum Gasteiger partial charge on any atom is 3.00 e. The molecule has 0 saturated carbocycles. The zero-order valence-electron chi connectivity index (χ0n) is 8.62. The van der Waals surface area contributed by atoms with Crippen LogP contribution in [0.25, 0.3) is 0 Å². The molecule has 20 heavy (non-hydrogen) atoms. The molecule has 0 amide bonds. The Kier molecular flexibility index (Phi) is 14.5. The Labute approximate surface area is 152 Å². The molecular formula is H4NO14S4Yb. The third-order valence-electron chi connectivity index (χ3n) is 0.333. The van der Waals surface area contributed by atoms with Gasteiger partial charge in [-0.25, -0.2) is 33.7 Å². The second-order valence-corrected chi connectivity index (χ2v) is 6.12. The Balaban J connectivity index is -0.000000116. The number of rotatable bonds is 4. The molecule has 0 spiro atoms. The first-order valence-corrected chi connectivity index (χ1v) is 8.00. The molecule has 0 aliphatic heterocycles. The van der Waals surface area contributed by atoms with E-state index in [1.807, 2.05) is 0 Å². The molecule has 0 rings (SSSR count). The van der Waals surface area contributed by atoms with E-state index >= 15 is 0 Å². The quantitative estimate of drug-likeness (QED) is 0.263. The fourth-order valence-electron chi connectivity index (χ4n) is 0.204. The van der Waals surface area contributed by atoms with Crippen molar-refractivity contribution in [3.05, 3.63) is 0 Å². The van der Waals surface area contributed by atoms with Crippen molar-refractivity contribution >= 4 is 41.6 Å². The van der Waals surface area contributed by atoms with Gasteiger partial charge in [0.1, 0.15) is 0 Å². The van der Waals surface area contributed by atoms with Crippen LogP contribution in [0.3, 0.4) is 0 Å². The van der Waals surface area contributed by atoms with Crippen LogP contribution in [0, 0.1) is 46.9 Å². The average Bonchev–Trinajstić information content (AvgIpc) is 1.64. The molecule has 0 fully saturated rings. The number of hydrogen-bond acceptors (Lipinski definition) is 14. The van der Waals surface area contributed by atoms with Crippen LogP contribution in [-0.2, 0) is 48.9 Å². The first-order valence-electron chi connectivity index (χ1n) is 2.67. The monoisotopic (exact) mass is 544 g/mol. The Morgan fingerprint density at radius 1 is 0.500 bits per heavy atom. The molecule has 0 bridgehead atoms. The van der Waals surface area contributed by atoms with E-state index in [-0.39, 0.29) is 53.1 Å². The summed E-state index contributed by atoms with van der Waals surface area (Å²) in [6.07, 6.45) is 0. The van der Waals surface area contributed by atoms with Crippen LogP contribution < -0.4 is 6.15 Å². The molecule has 0 aliphatic carbocycles. The summed E-state index contributed by atoms with van der Waals surface area (Å²) >= 11 is 0. The van der Waals surface area contributed by atoms with E-state index in [2.05, 4.69) is 7.26 Å². The molecule has 1 radical (unpaired) electrons. The van der Waals surface area contributed by atoms with E-state index < -0.39 is 41.6 Å². The van der Waals surface area contributed by atoms with Gasteiger partial charge in [-0.1, -0.05) is 0 Å². The first-order chi connectivity index (χ1) is 7.41. The van der Waals surface area contributed by atoms with Crippen molar-refractivity contribution in [1.82, 2.24) is 6.15 Å². The minimum Gasteiger partial charge on any atom is -0.725 e. The second-order valence-electron chi connectivity index (χ2n) is 1.77. The summed E-state index contributed by atoms with van der Waals surface area (Å²) < 4.78 is 116. The summed E-state index contributed by atoms with van der Waals surface area (Å²) in [5.74, 6) is 0. The molecule has 0 heterocycles. The predicted octanol–water partition coefficient (Wildman–Crippen LogP) is -3.78. The summed E-state index contributed by atoms with van der Waals surface area (Å²) in [4.78, 5) is 0. The predicted molar refractivity (Wildman–Crippen MR) is 46.9 cm³/mol. The van der Waals surface area contributed by atoms with Gasteiger partial charge in [-0.05, 0) is 0 Å². The SMILES string of the molecule is O=S(=O)([O-])OS(=O)(=O)[O-].O=S(=O)([O-])OS(=O)(=O)[O-].[NH4+].[Yb+3]. The van der Waals surface area contributed by atoms with Gasteiger partial charge in [0.05, 0.1) is 0 Å². The van der Waals surface area contributed by atoms with Gasteiger partial charge < -0.3 is 24.4 Å². The zero-order chi connectivity index (χ0) is 15.4. The summed E-state index contributed by atoms with van der Waals surface area (Å²) in [6, 6.07) is 0. The van der Waals surface area contributed by atoms with Gasteiger partial charge in [-0.2, -0.15) is 7.26 Å². The topological polar surface area (TPSA) is 284 Å². The van der Waals surface area contributed by atoms with E-state index in [9.17, 15) is 51.9 Å². The van der Waals surface area contributed by atoms with Crippen LogP contribution in [0.5, 0.6) is 0 Å². The van der Waals surface area contributed by atoms with Crippen LogP contribution in [0.1, 0.15) is 0 Å². The van der Waals surface area contributed by atoms with Crippen molar-refractivity contribution in [2.24, 2.45) is 0 Å². The van der Waals surface area contributed by atoms with Crippen molar-refractivity contribution in [2.45, 2.75) is 0 Å². The average molecular weight is 543 g/mol. The molecule has 0 aromatic carbocycles.